The van der Waals surface area contributed by atoms with Crippen LogP contribution in [-0.2, 0) is 13.1 Å². The number of azide groups is 1. The number of hydrogen-bond acceptors (Lipinski definition) is 6. The first-order valence-corrected chi connectivity index (χ1v) is 5.19. The van der Waals surface area contributed by atoms with Crippen LogP contribution in [0.1, 0.15) is 23.3 Å². The van der Waals surface area contributed by atoms with Crippen molar-refractivity contribution >= 4 is 0 Å². The van der Waals surface area contributed by atoms with E-state index in [0.717, 1.165) is 11.5 Å². The Labute approximate surface area is 103 Å². The Kier molecular flexibility index (Phi) is 5.43. The van der Waals surface area contributed by atoms with Crippen molar-refractivity contribution in [3.8, 4) is 0 Å². The number of nitrogens with zero attached hydrogens (tertiary/aromatic N) is 5. The quantitative estimate of drug-likeness (QED) is 0.507. The Bertz CT molecular complexity index is 526. The average molecular weight is 250 g/mol. The van der Waals surface area contributed by atoms with Gasteiger partial charge in [-0.15, -0.1) is 0 Å². The molecule has 0 aliphatic rings. The molecule has 2 heterocycles. The lowest BCUT2D eigenvalue weighted by Gasteiger charge is -1.81. The first kappa shape index (κ1) is 13.8. The zero-order chi connectivity index (χ0) is 13.4. The second-order valence-corrected chi connectivity index (χ2v) is 3.32. The highest BCUT2D eigenvalue weighted by Gasteiger charge is 1.95. The van der Waals surface area contributed by atoms with E-state index in [1.165, 1.54) is 0 Å². The molecular formula is C10H14N6O2. The van der Waals surface area contributed by atoms with Gasteiger partial charge in [-0.2, -0.15) is 0 Å². The van der Waals surface area contributed by atoms with E-state index in [-0.39, 0.29) is 6.54 Å². The molecule has 0 radical (unpaired) electrons. The second kappa shape index (κ2) is 7.10. The van der Waals surface area contributed by atoms with Crippen molar-refractivity contribution in [3.63, 3.8) is 0 Å². The molecule has 0 amide bonds. The zero-order valence-corrected chi connectivity index (χ0v) is 10.2. The molecule has 0 unspecified atom stereocenters. The number of aromatic nitrogens is 2. The van der Waals surface area contributed by atoms with Gasteiger partial charge in [0.25, 0.3) is 0 Å². The average Bonchev–Trinajstić information content (AvgIpc) is 2.96. The topological polar surface area (TPSA) is 127 Å². The fourth-order valence-electron chi connectivity index (χ4n) is 1.06. The SMILES string of the molecule is Cc1cnc(CN)o1.Cc1cnc(CN=[N+]=[N-])o1. The van der Waals surface area contributed by atoms with Crippen LogP contribution in [0, 0.1) is 13.8 Å². The lowest BCUT2D eigenvalue weighted by molar-refractivity contribution is 0.473. The zero-order valence-electron chi connectivity index (χ0n) is 10.2. The minimum absolute atomic E-state index is 0.185. The standard InChI is InChI=1S/C5H6N4O.C5H8N2O/c1-4-2-7-5(10-4)3-8-9-6;1-4-3-7-5(2-6)8-4/h2H,3H2,1H3;3H,2,6H2,1H3. The molecule has 0 fully saturated rings. The molecule has 8 nitrogen and oxygen atoms in total. The second-order valence-electron chi connectivity index (χ2n) is 3.32. The summed E-state index contributed by atoms with van der Waals surface area (Å²) in [5, 5.41) is 3.28. The number of oxazole rings is 2. The van der Waals surface area contributed by atoms with Crippen LogP contribution in [0.4, 0.5) is 0 Å². The van der Waals surface area contributed by atoms with Crippen molar-refractivity contribution in [3.05, 3.63) is 46.1 Å². The van der Waals surface area contributed by atoms with Gasteiger partial charge in [-0.3, -0.25) is 0 Å². The Morgan fingerprint density at radius 1 is 1.22 bits per heavy atom. The normalized spacial score (nSPS) is 9.28. The predicted octanol–water partition coefficient (Wildman–Crippen LogP) is 2.24. The maximum atomic E-state index is 7.92. The molecule has 0 aromatic carbocycles. The van der Waals surface area contributed by atoms with Gasteiger partial charge in [0, 0.05) is 4.91 Å². The number of aryl methyl sites for hydroxylation is 2. The van der Waals surface area contributed by atoms with E-state index in [9.17, 15) is 0 Å². The van der Waals surface area contributed by atoms with E-state index < -0.39 is 0 Å². The van der Waals surface area contributed by atoms with E-state index in [1.807, 2.05) is 6.92 Å². The Hall–Kier alpha value is -2.31. The molecule has 2 rings (SSSR count). The Balaban J connectivity index is 0.000000184. The third kappa shape index (κ3) is 4.69. The molecule has 2 aromatic heterocycles. The summed E-state index contributed by atoms with van der Waals surface area (Å²) in [5.74, 6) is 2.59. The molecule has 96 valence electrons. The van der Waals surface area contributed by atoms with Crippen molar-refractivity contribution in [1.82, 2.24) is 9.97 Å². The molecule has 0 saturated heterocycles. The number of nitrogens with two attached hydrogens (primary N) is 1. The molecule has 0 atom stereocenters. The summed E-state index contributed by atoms with van der Waals surface area (Å²) in [6, 6.07) is 0. The third-order valence-corrected chi connectivity index (χ3v) is 1.78. The van der Waals surface area contributed by atoms with Gasteiger partial charge in [0.05, 0.1) is 18.9 Å². The van der Waals surface area contributed by atoms with Crippen LogP contribution in [0.3, 0.4) is 0 Å². The summed E-state index contributed by atoms with van der Waals surface area (Å²) in [6.07, 6.45) is 3.24. The summed E-state index contributed by atoms with van der Waals surface area (Å²) >= 11 is 0. The molecule has 0 saturated carbocycles. The van der Waals surface area contributed by atoms with Gasteiger partial charge in [-0.1, -0.05) is 5.11 Å². The molecule has 18 heavy (non-hydrogen) atoms. The summed E-state index contributed by atoms with van der Waals surface area (Å²) in [4.78, 5) is 10.2. The van der Waals surface area contributed by atoms with Crippen LogP contribution in [0.2, 0.25) is 0 Å². The molecule has 0 aliphatic heterocycles. The van der Waals surface area contributed by atoms with Crippen molar-refractivity contribution in [2.75, 3.05) is 0 Å². The molecule has 0 bridgehead atoms. The highest BCUT2D eigenvalue weighted by molar-refractivity contribution is 4.90. The predicted molar refractivity (Wildman–Crippen MR) is 63.2 cm³/mol. The van der Waals surface area contributed by atoms with E-state index >= 15 is 0 Å². The smallest absolute Gasteiger partial charge is 0.208 e. The first-order chi connectivity index (χ1) is 8.65. The van der Waals surface area contributed by atoms with E-state index in [2.05, 4.69) is 20.0 Å². The number of rotatable bonds is 3. The van der Waals surface area contributed by atoms with Crippen LogP contribution >= 0.6 is 0 Å². The maximum absolute atomic E-state index is 7.92. The molecular weight excluding hydrogens is 236 g/mol. The lowest BCUT2D eigenvalue weighted by atomic mass is 10.6. The van der Waals surface area contributed by atoms with Crippen LogP contribution in [0.15, 0.2) is 26.3 Å². The van der Waals surface area contributed by atoms with E-state index in [1.54, 1.807) is 19.3 Å². The summed E-state index contributed by atoms with van der Waals surface area (Å²) in [7, 11) is 0. The Morgan fingerprint density at radius 2 is 1.78 bits per heavy atom. The largest absolute Gasteiger partial charge is 0.446 e. The van der Waals surface area contributed by atoms with Crippen LogP contribution in [0.5, 0.6) is 0 Å². The minimum atomic E-state index is 0.185. The minimum Gasteiger partial charge on any atom is -0.446 e. The van der Waals surface area contributed by atoms with Crippen molar-refractivity contribution < 1.29 is 8.83 Å². The Morgan fingerprint density at radius 3 is 2.11 bits per heavy atom. The maximum Gasteiger partial charge on any atom is 0.208 e. The molecule has 8 heteroatoms. The van der Waals surface area contributed by atoms with E-state index in [0.29, 0.717) is 18.3 Å². The molecule has 0 aliphatic carbocycles. The van der Waals surface area contributed by atoms with Crippen molar-refractivity contribution in [2.45, 2.75) is 26.9 Å². The summed E-state index contributed by atoms with van der Waals surface area (Å²) in [6.45, 7) is 4.19. The van der Waals surface area contributed by atoms with Crippen LogP contribution in [0.25, 0.3) is 10.4 Å². The van der Waals surface area contributed by atoms with Crippen LogP contribution < -0.4 is 5.73 Å². The van der Waals surface area contributed by atoms with Crippen LogP contribution in [-0.4, -0.2) is 9.97 Å². The van der Waals surface area contributed by atoms with Gasteiger partial charge in [-0.25, -0.2) is 9.97 Å². The van der Waals surface area contributed by atoms with Gasteiger partial charge < -0.3 is 14.6 Å². The van der Waals surface area contributed by atoms with Gasteiger partial charge >= 0.3 is 0 Å². The lowest BCUT2D eigenvalue weighted by Crippen LogP contribution is -1.94. The highest BCUT2D eigenvalue weighted by atomic mass is 16.4. The first-order valence-electron chi connectivity index (χ1n) is 5.19. The fourth-order valence-corrected chi connectivity index (χ4v) is 1.06. The van der Waals surface area contributed by atoms with Gasteiger partial charge in [0.1, 0.15) is 18.1 Å². The van der Waals surface area contributed by atoms with Gasteiger partial charge in [-0.05, 0) is 19.4 Å². The highest BCUT2D eigenvalue weighted by Crippen LogP contribution is 2.02. The molecule has 2 aromatic rings. The summed E-state index contributed by atoms with van der Waals surface area (Å²) < 4.78 is 10.0. The summed E-state index contributed by atoms with van der Waals surface area (Å²) in [5.41, 5.74) is 13.1. The fraction of sp³-hybridized carbons (Fsp3) is 0.400. The van der Waals surface area contributed by atoms with Gasteiger partial charge in [0.2, 0.25) is 5.89 Å². The monoisotopic (exact) mass is 250 g/mol. The molecule has 2 N–H and O–H groups in total. The number of hydrogen-bond donors (Lipinski definition) is 1. The van der Waals surface area contributed by atoms with Crippen molar-refractivity contribution in [1.29, 1.82) is 0 Å². The van der Waals surface area contributed by atoms with Crippen molar-refractivity contribution in [2.24, 2.45) is 10.8 Å². The van der Waals surface area contributed by atoms with E-state index in [4.69, 9.17) is 20.1 Å². The third-order valence-electron chi connectivity index (χ3n) is 1.78. The van der Waals surface area contributed by atoms with Gasteiger partial charge in [0.15, 0.2) is 5.89 Å². The molecule has 0 spiro atoms.